The lowest BCUT2D eigenvalue weighted by molar-refractivity contribution is -0.383. The normalized spacial score (nSPS) is 26.2. The van der Waals surface area contributed by atoms with Crippen LogP contribution in [-0.4, -0.2) is 22.2 Å². The van der Waals surface area contributed by atoms with E-state index in [2.05, 4.69) is 12.2 Å². The molecule has 6 heteroatoms. The van der Waals surface area contributed by atoms with Crippen LogP contribution in [0.1, 0.15) is 32.6 Å². The van der Waals surface area contributed by atoms with Crippen molar-refractivity contribution in [2.24, 2.45) is 5.92 Å². The number of nitro groups is 1. The first kappa shape index (κ1) is 14.6. The lowest BCUT2D eigenvalue weighted by Gasteiger charge is -2.35. The van der Waals surface area contributed by atoms with Crippen LogP contribution in [0, 0.1) is 16.0 Å². The Kier molecular flexibility index (Phi) is 4.13. The maximum atomic E-state index is 10.7. The van der Waals surface area contributed by atoms with Gasteiger partial charge in [0.1, 0.15) is 5.69 Å². The summed E-state index contributed by atoms with van der Waals surface area (Å²) in [6.07, 6.45) is 3.62. The average molecular weight is 279 g/mol. The van der Waals surface area contributed by atoms with Crippen molar-refractivity contribution in [2.75, 3.05) is 17.6 Å². The van der Waals surface area contributed by atoms with Crippen molar-refractivity contribution in [3.05, 3.63) is 28.3 Å². The lowest BCUT2D eigenvalue weighted by Crippen LogP contribution is -2.40. The Labute approximate surface area is 118 Å². The van der Waals surface area contributed by atoms with E-state index >= 15 is 0 Å². The second-order valence-corrected chi connectivity index (χ2v) is 5.79. The van der Waals surface area contributed by atoms with Gasteiger partial charge in [0.25, 0.3) is 5.69 Å². The molecule has 0 bridgehead atoms. The van der Waals surface area contributed by atoms with E-state index in [9.17, 15) is 15.2 Å². The van der Waals surface area contributed by atoms with Crippen molar-refractivity contribution in [1.82, 2.24) is 0 Å². The van der Waals surface area contributed by atoms with Gasteiger partial charge in [0.05, 0.1) is 10.5 Å². The van der Waals surface area contributed by atoms with Gasteiger partial charge in [-0.05, 0) is 43.7 Å². The van der Waals surface area contributed by atoms with Crippen molar-refractivity contribution in [3.63, 3.8) is 0 Å². The summed E-state index contributed by atoms with van der Waals surface area (Å²) < 4.78 is 0. The van der Waals surface area contributed by atoms with Gasteiger partial charge in [-0.2, -0.15) is 0 Å². The van der Waals surface area contributed by atoms with E-state index in [1.54, 1.807) is 6.07 Å². The molecule has 0 aromatic heterocycles. The standard InChI is InChI=1S/C14H21N3O3/c1-10-4-6-14(18,7-5-10)9-16-11-2-3-13(17(19)20)12(15)8-11/h2-3,8,10,16,18H,4-7,9,15H2,1H3. The number of rotatable bonds is 4. The molecule has 1 saturated carbocycles. The van der Waals surface area contributed by atoms with Crippen LogP contribution >= 0.6 is 0 Å². The van der Waals surface area contributed by atoms with Crippen molar-refractivity contribution in [3.8, 4) is 0 Å². The number of nitrogen functional groups attached to an aromatic ring is 1. The maximum Gasteiger partial charge on any atom is 0.292 e. The molecule has 1 aromatic rings. The molecule has 0 unspecified atom stereocenters. The minimum Gasteiger partial charge on any atom is -0.393 e. The quantitative estimate of drug-likeness (QED) is 0.446. The Morgan fingerprint density at radius 3 is 2.70 bits per heavy atom. The van der Waals surface area contributed by atoms with Gasteiger partial charge in [-0.25, -0.2) is 0 Å². The summed E-state index contributed by atoms with van der Waals surface area (Å²) in [5.41, 5.74) is 5.67. The summed E-state index contributed by atoms with van der Waals surface area (Å²) in [5.74, 6) is 0.672. The zero-order chi connectivity index (χ0) is 14.8. The predicted octanol–water partition coefficient (Wildman–Crippen LogP) is 2.53. The number of aliphatic hydroxyl groups is 1. The molecule has 0 saturated heterocycles. The Bertz CT molecular complexity index is 496. The van der Waals surface area contributed by atoms with Crippen LogP contribution < -0.4 is 11.1 Å². The third-order valence-electron chi connectivity index (χ3n) is 4.05. The summed E-state index contributed by atoms with van der Waals surface area (Å²) in [4.78, 5) is 10.2. The molecule has 1 aliphatic rings. The highest BCUT2D eigenvalue weighted by molar-refractivity contribution is 5.65. The summed E-state index contributed by atoms with van der Waals surface area (Å²) >= 11 is 0. The van der Waals surface area contributed by atoms with Crippen LogP contribution in [-0.2, 0) is 0 Å². The molecule has 1 aliphatic carbocycles. The summed E-state index contributed by atoms with van der Waals surface area (Å²) in [6, 6.07) is 4.53. The number of hydrogen-bond acceptors (Lipinski definition) is 5. The van der Waals surface area contributed by atoms with Crippen molar-refractivity contribution >= 4 is 17.1 Å². The minimum absolute atomic E-state index is 0.0965. The SMILES string of the molecule is CC1CCC(O)(CNc2ccc([N+](=O)[O-])c(N)c2)CC1. The molecule has 1 fully saturated rings. The first-order chi connectivity index (χ1) is 9.39. The van der Waals surface area contributed by atoms with Gasteiger partial charge in [0.15, 0.2) is 0 Å². The second-order valence-electron chi connectivity index (χ2n) is 5.79. The molecule has 110 valence electrons. The fourth-order valence-electron chi connectivity index (χ4n) is 2.57. The van der Waals surface area contributed by atoms with Gasteiger partial charge in [0.2, 0.25) is 0 Å². The Morgan fingerprint density at radius 2 is 2.15 bits per heavy atom. The van der Waals surface area contributed by atoms with Crippen molar-refractivity contribution in [1.29, 1.82) is 0 Å². The summed E-state index contributed by atoms with van der Waals surface area (Å²) in [5, 5.41) is 24.3. The summed E-state index contributed by atoms with van der Waals surface area (Å²) in [7, 11) is 0. The summed E-state index contributed by atoms with van der Waals surface area (Å²) in [6.45, 7) is 2.64. The molecule has 6 nitrogen and oxygen atoms in total. The van der Waals surface area contributed by atoms with Crippen LogP contribution in [0.25, 0.3) is 0 Å². The highest BCUT2D eigenvalue weighted by Crippen LogP contribution is 2.32. The number of nitrogens with one attached hydrogen (secondary N) is 1. The number of nitrogens with two attached hydrogens (primary N) is 1. The van der Waals surface area contributed by atoms with Crippen LogP contribution in [0.3, 0.4) is 0 Å². The molecular weight excluding hydrogens is 258 g/mol. The number of benzene rings is 1. The van der Waals surface area contributed by atoms with E-state index in [0.717, 1.165) is 25.7 Å². The zero-order valence-electron chi connectivity index (χ0n) is 11.6. The number of anilines is 2. The van der Waals surface area contributed by atoms with E-state index in [1.807, 2.05) is 0 Å². The fourth-order valence-corrected chi connectivity index (χ4v) is 2.57. The highest BCUT2D eigenvalue weighted by atomic mass is 16.6. The topological polar surface area (TPSA) is 101 Å². The fraction of sp³-hybridized carbons (Fsp3) is 0.571. The van der Waals surface area contributed by atoms with Gasteiger partial charge >= 0.3 is 0 Å². The third-order valence-corrected chi connectivity index (χ3v) is 4.05. The van der Waals surface area contributed by atoms with E-state index in [4.69, 9.17) is 5.73 Å². The number of nitro benzene ring substituents is 1. The largest absolute Gasteiger partial charge is 0.393 e. The van der Waals surface area contributed by atoms with Gasteiger partial charge in [-0.1, -0.05) is 6.92 Å². The monoisotopic (exact) mass is 279 g/mol. The Balaban J connectivity index is 1.97. The van der Waals surface area contributed by atoms with Crippen molar-refractivity contribution in [2.45, 2.75) is 38.2 Å². The molecule has 1 aromatic carbocycles. The van der Waals surface area contributed by atoms with Gasteiger partial charge < -0.3 is 16.2 Å². The smallest absolute Gasteiger partial charge is 0.292 e. The van der Waals surface area contributed by atoms with E-state index in [0.29, 0.717) is 18.2 Å². The van der Waals surface area contributed by atoms with Crippen LogP contribution in [0.15, 0.2) is 18.2 Å². The van der Waals surface area contributed by atoms with E-state index in [-0.39, 0.29) is 11.4 Å². The minimum atomic E-state index is -0.691. The van der Waals surface area contributed by atoms with Crippen LogP contribution in [0.5, 0.6) is 0 Å². The van der Waals surface area contributed by atoms with E-state index < -0.39 is 10.5 Å². The maximum absolute atomic E-state index is 10.7. The first-order valence-corrected chi connectivity index (χ1v) is 6.90. The van der Waals surface area contributed by atoms with Crippen LogP contribution in [0.2, 0.25) is 0 Å². The highest BCUT2D eigenvalue weighted by Gasteiger charge is 2.31. The molecule has 0 atom stereocenters. The molecular formula is C14H21N3O3. The van der Waals surface area contributed by atoms with Gasteiger partial charge in [-0.15, -0.1) is 0 Å². The predicted molar refractivity (Wildman–Crippen MR) is 78.6 cm³/mol. The number of hydrogen-bond donors (Lipinski definition) is 3. The molecule has 0 amide bonds. The Hall–Kier alpha value is -1.82. The first-order valence-electron chi connectivity index (χ1n) is 6.90. The van der Waals surface area contributed by atoms with Crippen molar-refractivity contribution < 1.29 is 10.0 Å². The molecule has 0 spiro atoms. The second kappa shape index (κ2) is 5.66. The molecule has 4 N–H and O–H groups in total. The molecule has 0 heterocycles. The van der Waals surface area contributed by atoms with Gasteiger partial charge in [-0.3, -0.25) is 10.1 Å². The average Bonchev–Trinajstić information content (AvgIpc) is 2.40. The van der Waals surface area contributed by atoms with Crippen LogP contribution in [0.4, 0.5) is 17.1 Å². The zero-order valence-corrected chi connectivity index (χ0v) is 11.6. The molecule has 0 aliphatic heterocycles. The number of nitrogens with zero attached hydrogens (tertiary/aromatic N) is 1. The Morgan fingerprint density at radius 1 is 1.50 bits per heavy atom. The van der Waals surface area contributed by atoms with E-state index in [1.165, 1.54) is 12.1 Å². The third kappa shape index (κ3) is 3.39. The molecule has 20 heavy (non-hydrogen) atoms. The van der Waals surface area contributed by atoms with Gasteiger partial charge in [0, 0.05) is 18.3 Å². The lowest BCUT2D eigenvalue weighted by atomic mass is 9.79. The molecule has 0 radical (unpaired) electrons. The molecule has 2 rings (SSSR count).